The molecule has 0 radical (unpaired) electrons. The number of anilines is 1. The molecular formula is C16H18Cl2N4O. The molecule has 0 bridgehead atoms. The molecule has 1 fully saturated rings. The summed E-state index contributed by atoms with van der Waals surface area (Å²) in [7, 11) is 1.85. The van der Waals surface area contributed by atoms with E-state index in [4.69, 9.17) is 23.2 Å². The second-order valence-electron chi connectivity index (χ2n) is 5.72. The standard InChI is InChI=1S/C16H18Cl2N4O/c1-20-10-15(9-19-20)22-5-4-21(11-16(22)23)3-2-12-6-13(17)8-14(18)7-12/h6-10H,2-5,11H2,1H3. The minimum atomic E-state index is 0.105. The van der Waals surface area contributed by atoms with Gasteiger partial charge < -0.3 is 4.90 Å². The lowest BCUT2D eigenvalue weighted by molar-refractivity contribution is -0.121. The first-order valence-electron chi connectivity index (χ1n) is 7.47. The van der Waals surface area contributed by atoms with Gasteiger partial charge in [0.1, 0.15) is 0 Å². The number of rotatable bonds is 4. The topological polar surface area (TPSA) is 41.4 Å². The molecule has 7 heteroatoms. The molecule has 0 unspecified atom stereocenters. The Kier molecular flexibility index (Phi) is 4.90. The molecule has 1 aliphatic heterocycles. The Balaban J connectivity index is 1.56. The number of halogens is 2. The summed E-state index contributed by atoms with van der Waals surface area (Å²) < 4.78 is 1.71. The van der Waals surface area contributed by atoms with E-state index >= 15 is 0 Å². The smallest absolute Gasteiger partial charge is 0.241 e. The summed E-state index contributed by atoms with van der Waals surface area (Å²) in [5, 5.41) is 5.41. The van der Waals surface area contributed by atoms with Crippen molar-refractivity contribution < 1.29 is 4.79 Å². The van der Waals surface area contributed by atoms with Crippen molar-refractivity contribution in [2.45, 2.75) is 6.42 Å². The number of hydrogen-bond donors (Lipinski definition) is 0. The minimum absolute atomic E-state index is 0.105. The number of aryl methyl sites for hydroxylation is 1. The van der Waals surface area contributed by atoms with Gasteiger partial charge in [0, 0.05) is 42.9 Å². The van der Waals surface area contributed by atoms with Gasteiger partial charge in [-0.3, -0.25) is 14.4 Å². The second kappa shape index (κ2) is 6.91. The summed E-state index contributed by atoms with van der Waals surface area (Å²) in [5.74, 6) is 0.105. The van der Waals surface area contributed by atoms with Crippen molar-refractivity contribution in [3.63, 3.8) is 0 Å². The zero-order chi connectivity index (χ0) is 16.4. The lowest BCUT2D eigenvalue weighted by Gasteiger charge is -2.33. The average Bonchev–Trinajstić information content (AvgIpc) is 2.90. The summed E-state index contributed by atoms with van der Waals surface area (Å²) in [6.07, 6.45) is 4.41. The van der Waals surface area contributed by atoms with Gasteiger partial charge in [-0.05, 0) is 30.2 Å². The predicted molar refractivity (Wildman–Crippen MR) is 92.2 cm³/mol. The monoisotopic (exact) mass is 352 g/mol. The van der Waals surface area contributed by atoms with Gasteiger partial charge in [0.05, 0.1) is 18.4 Å². The summed E-state index contributed by atoms with van der Waals surface area (Å²) in [6.45, 7) is 2.75. The Bertz CT molecular complexity index is 696. The minimum Gasteiger partial charge on any atom is -0.307 e. The summed E-state index contributed by atoms with van der Waals surface area (Å²) >= 11 is 12.0. The molecule has 0 spiro atoms. The van der Waals surface area contributed by atoms with Gasteiger partial charge in [0.15, 0.2) is 0 Å². The van der Waals surface area contributed by atoms with E-state index in [1.54, 1.807) is 21.8 Å². The van der Waals surface area contributed by atoms with E-state index in [1.807, 2.05) is 25.4 Å². The van der Waals surface area contributed by atoms with Crippen LogP contribution in [0.25, 0.3) is 0 Å². The highest BCUT2D eigenvalue weighted by atomic mass is 35.5. The second-order valence-corrected chi connectivity index (χ2v) is 6.59. The number of nitrogens with zero attached hydrogens (tertiary/aromatic N) is 4. The van der Waals surface area contributed by atoms with Crippen LogP contribution in [0.3, 0.4) is 0 Å². The van der Waals surface area contributed by atoms with Crippen LogP contribution in [0.4, 0.5) is 5.69 Å². The van der Waals surface area contributed by atoms with Gasteiger partial charge in [-0.2, -0.15) is 5.10 Å². The molecule has 2 heterocycles. The first kappa shape index (κ1) is 16.3. The van der Waals surface area contributed by atoms with Crippen LogP contribution in [0.1, 0.15) is 5.56 Å². The van der Waals surface area contributed by atoms with Crippen molar-refractivity contribution in [3.05, 3.63) is 46.2 Å². The average molecular weight is 353 g/mol. The molecule has 3 rings (SSSR count). The third kappa shape index (κ3) is 4.05. The van der Waals surface area contributed by atoms with Crippen molar-refractivity contribution in [1.82, 2.24) is 14.7 Å². The summed E-state index contributed by atoms with van der Waals surface area (Å²) in [5.41, 5.74) is 1.95. The molecule has 0 N–H and O–H groups in total. The molecule has 0 atom stereocenters. The Morgan fingerprint density at radius 3 is 2.52 bits per heavy atom. The van der Waals surface area contributed by atoms with Crippen molar-refractivity contribution in [1.29, 1.82) is 0 Å². The van der Waals surface area contributed by atoms with Crippen LogP contribution in [0.2, 0.25) is 10.0 Å². The first-order valence-corrected chi connectivity index (χ1v) is 8.23. The Labute approximate surface area is 145 Å². The van der Waals surface area contributed by atoms with Crippen LogP contribution in [0.5, 0.6) is 0 Å². The zero-order valence-electron chi connectivity index (χ0n) is 12.9. The summed E-state index contributed by atoms with van der Waals surface area (Å²) in [6, 6.07) is 5.56. The normalized spacial score (nSPS) is 16.1. The van der Waals surface area contributed by atoms with Gasteiger partial charge in [0.2, 0.25) is 5.91 Å². The maximum Gasteiger partial charge on any atom is 0.241 e. The molecule has 0 saturated carbocycles. The van der Waals surface area contributed by atoms with Crippen LogP contribution < -0.4 is 4.90 Å². The SMILES string of the molecule is Cn1cc(N2CCN(CCc3cc(Cl)cc(Cl)c3)CC2=O)cn1. The Hall–Kier alpha value is -1.56. The van der Waals surface area contributed by atoms with E-state index in [0.717, 1.165) is 30.8 Å². The highest BCUT2D eigenvalue weighted by molar-refractivity contribution is 6.34. The predicted octanol–water partition coefficient (Wildman–Crippen LogP) is 2.62. The lowest BCUT2D eigenvalue weighted by atomic mass is 10.1. The van der Waals surface area contributed by atoms with Gasteiger partial charge in [-0.1, -0.05) is 23.2 Å². The molecule has 122 valence electrons. The molecule has 23 heavy (non-hydrogen) atoms. The van der Waals surface area contributed by atoms with Crippen LogP contribution in [0, 0.1) is 0 Å². The van der Waals surface area contributed by atoms with E-state index in [9.17, 15) is 4.79 Å². The molecule has 1 saturated heterocycles. The number of carbonyl (C=O) groups is 1. The van der Waals surface area contributed by atoms with E-state index in [1.165, 1.54) is 0 Å². The summed E-state index contributed by atoms with van der Waals surface area (Å²) in [4.78, 5) is 16.3. The number of carbonyl (C=O) groups excluding carboxylic acids is 1. The third-order valence-electron chi connectivity index (χ3n) is 3.94. The molecule has 5 nitrogen and oxygen atoms in total. The van der Waals surface area contributed by atoms with Crippen LogP contribution in [-0.2, 0) is 18.3 Å². The first-order chi connectivity index (χ1) is 11.0. The molecule has 1 aromatic carbocycles. The van der Waals surface area contributed by atoms with E-state index in [-0.39, 0.29) is 5.91 Å². The molecule has 1 aromatic heterocycles. The third-order valence-corrected chi connectivity index (χ3v) is 4.38. The van der Waals surface area contributed by atoms with Gasteiger partial charge >= 0.3 is 0 Å². The fraction of sp³-hybridized carbons (Fsp3) is 0.375. The van der Waals surface area contributed by atoms with Crippen LogP contribution >= 0.6 is 23.2 Å². The number of amides is 1. The number of piperazine rings is 1. The van der Waals surface area contributed by atoms with Crippen LogP contribution in [0.15, 0.2) is 30.6 Å². The van der Waals surface area contributed by atoms with Gasteiger partial charge in [-0.25, -0.2) is 0 Å². The highest BCUT2D eigenvalue weighted by Gasteiger charge is 2.25. The largest absolute Gasteiger partial charge is 0.307 e. The quantitative estimate of drug-likeness (QED) is 0.849. The number of aromatic nitrogens is 2. The van der Waals surface area contributed by atoms with E-state index < -0.39 is 0 Å². The van der Waals surface area contributed by atoms with Gasteiger partial charge in [0.25, 0.3) is 0 Å². The van der Waals surface area contributed by atoms with Crippen LogP contribution in [-0.4, -0.2) is 46.8 Å². The van der Waals surface area contributed by atoms with E-state index in [0.29, 0.717) is 23.1 Å². The Morgan fingerprint density at radius 2 is 1.91 bits per heavy atom. The number of hydrogen-bond acceptors (Lipinski definition) is 3. The number of benzene rings is 1. The van der Waals surface area contributed by atoms with Crippen molar-refractivity contribution in [2.24, 2.45) is 7.05 Å². The van der Waals surface area contributed by atoms with Crippen molar-refractivity contribution >= 4 is 34.8 Å². The fourth-order valence-electron chi connectivity index (χ4n) is 2.78. The molecular weight excluding hydrogens is 335 g/mol. The maximum absolute atomic E-state index is 12.3. The van der Waals surface area contributed by atoms with Crippen molar-refractivity contribution in [3.8, 4) is 0 Å². The van der Waals surface area contributed by atoms with Gasteiger partial charge in [-0.15, -0.1) is 0 Å². The van der Waals surface area contributed by atoms with Crippen molar-refractivity contribution in [2.75, 3.05) is 31.1 Å². The maximum atomic E-state index is 12.3. The molecule has 2 aromatic rings. The Morgan fingerprint density at radius 1 is 1.17 bits per heavy atom. The zero-order valence-corrected chi connectivity index (χ0v) is 14.4. The highest BCUT2D eigenvalue weighted by Crippen LogP contribution is 2.20. The molecule has 0 aliphatic carbocycles. The molecule has 1 amide bonds. The van der Waals surface area contributed by atoms with E-state index in [2.05, 4.69) is 10.00 Å². The molecule has 1 aliphatic rings. The lowest BCUT2D eigenvalue weighted by Crippen LogP contribution is -2.50. The fourth-order valence-corrected chi connectivity index (χ4v) is 3.35.